The van der Waals surface area contributed by atoms with Crippen molar-refractivity contribution in [2.45, 2.75) is 0 Å². The van der Waals surface area contributed by atoms with Crippen molar-refractivity contribution in [1.82, 2.24) is 0 Å². The van der Waals surface area contributed by atoms with Crippen molar-refractivity contribution in [3.63, 3.8) is 0 Å². The Hall–Kier alpha value is -1.89. The van der Waals surface area contributed by atoms with Crippen LogP contribution in [-0.2, 0) is 9.53 Å². The van der Waals surface area contributed by atoms with E-state index in [1.807, 2.05) is 5.32 Å². The molecule has 0 aliphatic heterocycles. The smallest absolute Gasteiger partial charge is 0.341 e. The fourth-order valence-electron chi connectivity index (χ4n) is 1.71. The van der Waals surface area contributed by atoms with E-state index in [0.29, 0.717) is 0 Å². The van der Waals surface area contributed by atoms with Gasteiger partial charge in [0.25, 0.3) is 5.91 Å². The van der Waals surface area contributed by atoms with E-state index in [9.17, 15) is 18.4 Å². The van der Waals surface area contributed by atoms with Gasteiger partial charge in [0.05, 0.1) is 20.6 Å². The first-order valence-corrected chi connectivity index (χ1v) is 7.49. The third-order valence-electron chi connectivity index (χ3n) is 2.81. The van der Waals surface area contributed by atoms with E-state index < -0.39 is 35.8 Å². The van der Waals surface area contributed by atoms with E-state index in [1.165, 1.54) is 12.1 Å². The van der Waals surface area contributed by atoms with Gasteiger partial charge in [-0.3, -0.25) is 4.79 Å². The molecule has 0 fully saturated rings. The lowest BCUT2D eigenvalue weighted by Crippen LogP contribution is -2.22. The molecule has 0 heterocycles. The van der Waals surface area contributed by atoms with E-state index in [4.69, 9.17) is 39.5 Å². The highest BCUT2D eigenvalue weighted by molar-refractivity contribution is 6.46. The summed E-state index contributed by atoms with van der Waals surface area (Å²) in [5, 5.41) is 1.89. The second-order valence-electron chi connectivity index (χ2n) is 4.44. The second-order valence-corrected chi connectivity index (χ2v) is 5.63. The minimum atomic E-state index is -1.00. The highest BCUT2D eigenvalue weighted by atomic mass is 35.5. The molecule has 0 atom stereocenters. The Morgan fingerprint density at radius 2 is 1.58 bits per heavy atom. The van der Waals surface area contributed by atoms with Crippen LogP contribution >= 0.6 is 34.8 Å². The van der Waals surface area contributed by atoms with Crippen molar-refractivity contribution >= 4 is 52.4 Å². The molecule has 0 aliphatic carbocycles. The Labute approximate surface area is 150 Å². The van der Waals surface area contributed by atoms with Crippen molar-refractivity contribution in [3.05, 3.63) is 62.6 Å². The lowest BCUT2D eigenvalue weighted by Gasteiger charge is -2.10. The summed E-state index contributed by atoms with van der Waals surface area (Å²) in [6.45, 7) is -0.800. The van der Waals surface area contributed by atoms with Gasteiger partial charge in [0, 0.05) is 0 Å². The van der Waals surface area contributed by atoms with Crippen molar-refractivity contribution in [3.8, 4) is 0 Å². The summed E-state index contributed by atoms with van der Waals surface area (Å²) < 4.78 is 31.6. The number of anilines is 1. The maximum atomic E-state index is 13.4. The summed E-state index contributed by atoms with van der Waals surface area (Å²) in [4.78, 5) is 23.6. The number of benzene rings is 2. The molecule has 0 unspecified atom stereocenters. The summed E-state index contributed by atoms with van der Waals surface area (Å²) >= 11 is 17.5. The molecule has 0 saturated heterocycles. The lowest BCUT2D eigenvalue weighted by atomic mass is 10.2. The Morgan fingerprint density at radius 1 is 1.00 bits per heavy atom. The predicted molar refractivity (Wildman–Crippen MR) is 86.7 cm³/mol. The van der Waals surface area contributed by atoms with Gasteiger partial charge < -0.3 is 10.1 Å². The predicted octanol–water partition coefficient (Wildman–Crippen LogP) is 4.72. The molecule has 0 radical (unpaired) electrons. The summed E-state index contributed by atoms with van der Waals surface area (Å²) in [6.07, 6.45) is 0. The van der Waals surface area contributed by atoms with Crippen LogP contribution in [0, 0.1) is 11.6 Å². The quantitative estimate of drug-likeness (QED) is 0.603. The normalized spacial score (nSPS) is 10.4. The molecule has 2 aromatic carbocycles. The van der Waals surface area contributed by atoms with E-state index >= 15 is 0 Å². The number of hydrogen-bond acceptors (Lipinski definition) is 3. The summed E-state index contributed by atoms with van der Waals surface area (Å²) in [5.74, 6) is -3.87. The molecule has 2 aromatic rings. The van der Waals surface area contributed by atoms with Gasteiger partial charge >= 0.3 is 5.97 Å². The van der Waals surface area contributed by atoms with Crippen LogP contribution in [0.5, 0.6) is 0 Å². The number of carbonyl (C=O) groups excluding carboxylic acids is 2. The molecule has 0 aromatic heterocycles. The molecule has 1 amide bonds. The first kappa shape index (κ1) is 18.4. The van der Waals surface area contributed by atoms with Gasteiger partial charge in [-0.1, -0.05) is 40.9 Å². The number of hydrogen-bond donors (Lipinski definition) is 1. The summed E-state index contributed by atoms with van der Waals surface area (Å²) in [5.41, 5.74) is -0.854. The SMILES string of the molecule is O=C(COC(=O)c1c(Cl)ccc(Cl)c1Cl)Nc1c(F)cccc1F. The van der Waals surface area contributed by atoms with Crippen LogP contribution in [0.3, 0.4) is 0 Å². The Kier molecular flexibility index (Phi) is 5.99. The number of carbonyl (C=O) groups is 2. The average Bonchev–Trinajstić information content (AvgIpc) is 2.53. The van der Waals surface area contributed by atoms with E-state index in [-0.39, 0.29) is 20.6 Å². The molecular weight excluding hydrogens is 387 g/mol. The van der Waals surface area contributed by atoms with Gasteiger partial charge in [-0.2, -0.15) is 0 Å². The summed E-state index contributed by atoms with van der Waals surface area (Å²) in [7, 11) is 0. The zero-order valence-corrected chi connectivity index (χ0v) is 14.0. The fraction of sp³-hybridized carbons (Fsp3) is 0.0667. The van der Waals surface area contributed by atoms with Gasteiger partial charge in [-0.05, 0) is 24.3 Å². The van der Waals surface area contributed by atoms with Crippen LogP contribution in [0.2, 0.25) is 15.1 Å². The number of rotatable bonds is 4. The largest absolute Gasteiger partial charge is 0.452 e. The van der Waals surface area contributed by atoms with Crippen LogP contribution in [-0.4, -0.2) is 18.5 Å². The molecule has 0 saturated carbocycles. The highest BCUT2D eigenvalue weighted by Gasteiger charge is 2.20. The monoisotopic (exact) mass is 393 g/mol. The molecule has 126 valence electrons. The first-order valence-electron chi connectivity index (χ1n) is 6.35. The standard InChI is InChI=1S/C15H8Cl3F2NO3/c16-7-4-5-8(17)13(18)12(7)15(23)24-6-11(22)21-14-9(19)2-1-3-10(14)20/h1-5H,6H2,(H,21,22). The first-order chi connectivity index (χ1) is 11.3. The van der Waals surface area contributed by atoms with Crippen LogP contribution in [0.15, 0.2) is 30.3 Å². The third kappa shape index (κ3) is 4.14. The van der Waals surface area contributed by atoms with Gasteiger partial charge in [0.1, 0.15) is 17.3 Å². The molecule has 1 N–H and O–H groups in total. The van der Waals surface area contributed by atoms with E-state index in [0.717, 1.165) is 18.2 Å². The summed E-state index contributed by atoms with van der Waals surface area (Å²) in [6, 6.07) is 5.80. The number of para-hydroxylation sites is 1. The van der Waals surface area contributed by atoms with Crippen LogP contribution < -0.4 is 5.32 Å². The number of halogens is 5. The van der Waals surface area contributed by atoms with Crippen LogP contribution in [0.4, 0.5) is 14.5 Å². The minimum absolute atomic E-state index is 0.0186. The number of nitrogens with one attached hydrogen (secondary N) is 1. The fourth-order valence-corrected chi connectivity index (χ4v) is 2.39. The number of amides is 1. The number of esters is 1. The average molecular weight is 395 g/mol. The third-order valence-corrected chi connectivity index (χ3v) is 3.93. The van der Waals surface area contributed by atoms with Crippen molar-refractivity contribution in [2.24, 2.45) is 0 Å². The van der Waals surface area contributed by atoms with Gasteiger partial charge in [-0.15, -0.1) is 0 Å². The topological polar surface area (TPSA) is 55.4 Å². The zero-order chi connectivity index (χ0) is 17.9. The maximum absolute atomic E-state index is 13.4. The molecule has 4 nitrogen and oxygen atoms in total. The van der Waals surface area contributed by atoms with Crippen LogP contribution in [0.25, 0.3) is 0 Å². The Bertz CT molecular complexity index is 795. The van der Waals surface area contributed by atoms with Crippen LogP contribution in [0.1, 0.15) is 10.4 Å². The highest BCUT2D eigenvalue weighted by Crippen LogP contribution is 2.31. The molecule has 24 heavy (non-hydrogen) atoms. The molecule has 0 aliphatic rings. The van der Waals surface area contributed by atoms with E-state index in [2.05, 4.69) is 0 Å². The Balaban J connectivity index is 2.05. The second kappa shape index (κ2) is 7.79. The van der Waals surface area contributed by atoms with Gasteiger partial charge in [-0.25, -0.2) is 13.6 Å². The van der Waals surface area contributed by atoms with Gasteiger partial charge in [0.15, 0.2) is 6.61 Å². The molecule has 0 bridgehead atoms. The number of ether oxygens (including phenoxy) is 1. The van der Waals surface area contributed by atoms with Crippen molar-refractivity contribution in [2.75, 3.05) is 11.9 Å². The molecule has 9 heteroatoms. The van der Waals surface area contributed by atoms with Crippen molar-refractivity contribution in [1.29, 1.82) is 0 Å². The van der Waals surface area contributed by atoms with E-state index in [1.54, 1.807) is 0 Å². The molecule has 0 spiro atoms. The van der Waals surface area contributed by atoms with Gasteiger partial charge in [0.2, 0.25) is 0 Å². The minimum Gasteiger partial charge on any atom is -0.452 e. The molecular formula is C15H8Cl3F2NO3. The lowest BCUT2D eigenvalue weighted by molar-refractivity contribution is -0.119. The maximum Gasteiger partial charge on any atom is 0.341 e. The van der Waals surface area contributed by atoms with Crippen molar-refractivity contribution < 1.29 is 23.1 Å². The Morgan fingerprint density at radius 3 is 2.21 bits per heavy atom. The molecule has 2 rings (SSSR count). The zero-order valence-electron chi connectivity index (χ0n) is 11.7.